The number of thioether (sulfide) groups is 1. The highest BCUT2D eigenvalue weighted by atomic mass is 35.5. The van der Waals surface area contributed by atoms with Gasteiger partial charge in [0, 0.05) is 0 Å². The zero-order valence-electron chi connectivity index (χ0n) is 18.4. The van der Waals surface area contributed by atoms with Crippen molar-refractivity contribution < 1.29 is 19.4 Å². The van der Waals surface area contributed by atoms with E-state index in [2.05, 4.69) is 0 Å². The minimum absolute atomic E-state index is 0.0825. The summed E-state index contributed by atoms with van der Waals surface area (Å²) in [7, 11) is 0. The van der Waals surface area contributed by atoms with Gasteiger partial charge in [0.05, 0.1) is 28.0 Å². The summed E-state index contributed by atoms with van der Waals surface area (Å²) in [6.07, 6.45) is 1.69. The van der Waals surface area contributed by atoms with E-state index in [4.69, 9.17) is 38.0 Å². The van der Waals surface area contributed by atoms with E-state index in [0.717, 1.165) is 11.1 Å². The number of carbonyl (C=O) groups excluding carboxylic acids is 1. The molecule has 1 amide bonds. The van der Waals surface area contributed by atoms with Crippen molar-refractivity contribution >= 4 is 58.1 Å². The number of carbonyl (C=O) groups is 2. The number of ether oxygens (including phenoxy) is 1. The summed E-state index contributed by atoms with van der Waals surface area (Å²) in [5, 5.41) is 9.74. The van der Waals surface area contributed by atoms with Gasteiger partial charge in [-0.25, -0.2) is 4.79 Å². The molecule has 3 aromatic rings. The van der Waals surface area contributed by atoms with Crippen molar-refractivity contribution in [2.75, 3.05) is 6.61 Å². The first-order valence-corrected chi connectivity index (χ1v) is 12.2. The summed E-state index contributed by atoms with van der Waals surface area (Å²) in [5.41, 5.74) is 2.62. The lowest BCUT2D eigenvalue weighted by Gasteiger charge is -2.15. The smallest absolute Gasteiger partial charge is 0.341 e. The summed E-state index contributed by atoms with van der Waals surface area (Å²) >= 11 is 13.8. The normalized spacial score (nSPS) is 15.7. The molecule has 6 nitrogen and oxygen atoms in total. The number of halogens is 2. The Morgan fingerprint density at radius 3 is 2.20 bits per heavy atom. The Labute approximate surface area is 216 Å². The number of amidine groups is 1. The van der Waals surface area contributed by atoms with Crippen LogP contribution in [0.15, 0.2) is 82.7 Å². The van der Waals surface area contributed by atoms with Crippen molar-refractivity contribution in [3.63, 3.8) is 0 Å². The van der Waals surface area contributed by atoms with E-state index in [0.29, 0.717) is 28.7 Å². The van der Waals surface area contributed by atoms with Gasteiger partial charge in [0.2, 0.25) is 0 Å². The van der Waals surface area contributed by atoms with Gasteiger partial charge < -0.3 is 9.84 Å². The maximum absolute atomic E-state index is 13.4. The van der Waals surface area contributed by atoms with E-state index in [1.165, 1.54) is 11.8 Å². The third kappa shape index (κ3) is 6.45. The van der Waals surface area contributed by atoms with Gasteiger partial charge in [-0.05, 0) is 46.7 Å². The number of benzene rings is 3. The number of rotatable bonds is 8. The zero-order valence-corrected chi connectivity index (χ0v) is 20.7. The second-order valence-corrected chi connectivity index (χ2v) is 9.39. The zero-order chi connectivity index (χ0) is 24.8. The number of aliphatic carboxylic acids is 1. The number of aliphatic imine (C=N–C) groups is 1. The van der Waals surface area contributed by atoms with E-state index in [1.54, 1.807) is 23.1 Å². The van der Waals surface area contributed by atoms with Gasteiger partial charge in [-0.2, -0.15) is 0 Å². The number of carboxylic acid groups (broad SMARTS) is 1. The van der Waals surface area contributed by atoms with Crippen LogP contribution in [0.25, 0.3) is 6.08 Å². The largest absolute Gasteiger partial charge is 0.479 e. The molecule has 178 valence electrons. The Kier molecular flexibility index (Phi) is 8.13. The van der Waals surface area contributed by atoms with Crippen molar-refractivity contribution in [3.05, 3.63) is 104 Å². The van der Waals surface area contributed by atoms with Gasteiger partial charge in [-0.1, -0.05) is 83.9 Å². The first-order chi connectivity index (χ1) is 16.9. The minimum Gasteiger partial charge on any atom is -0.479 e. The summed E-state index contributed by atoms with van der Waals surface area (Å²) in [5.74, 6) is -1.24. The first kappa shape index (κ1) is 24.9. The van der Waals surface area contributed by atoms with E-state index < -0.39 is 12.6 Å². The minimum atomic E-state index is -1.14. The summed E-state index contributed by atoms with van der Waals surface area (Å²) < 4.78 is 5.17. The quantitative estimate of drug-likeness (QED) is 0.357. The third-order valence-corrected chi connectivity index (χ3v) is 6.58. The standard InChI is InChI=1S/C26H20Cl2N2O4S/c27-20-11-19(12-21(28)24(20)34-16-23(31)32)13-22-25(33)30(15-18-9-5-2-6-10-18)26(35-22)29-14-17-7-3-1-4-8-17/h1-13H,14-16H2,(H,31,32)/b22-13-,29-26?. The molecule has 4 rings (SSSR count). The van der Waals surface area contributed by atoms with Crippen LogP contribution >= 0.6 is 35.0 Å². The molecule has 0 bridgehead atoms. The van der Waals surface area contributed by atoms with Crippen molar-refractivity contribution in [2.24, 2.45) is 4.99 Å². The van der Waals surface area contributed by atoms with Crippen molar-refractivity contribution in [2.45, 2.75) is 13.1 Å². The maximum Gasteiger partial charge on any atom is 0.341 e. The molecule has 1 aliphatic heterocycles. The Hall–Kier alpha value is -3.26. The molecule has 1 saturated heterocycles. The Bertz CT molecular complexity index is 1270. The lowest BCUT2D eigenvalue weighted by atomic mass is 10.2. The van der Waals surface area contributed by atoms with Crippen LogP contribution in [0.1, 0.15) is 16.7 Å². The molecule has 0 aromatic heterocycles. The molecule has 1 aliphatic rings. The predicted octanol–water partition coefficient (Wildman–Crippen LogP) is 6.13. The SMILES string of the molecule is O=C(O)COc1c(Cl)cc(/C=C2\SC(=NCc3ccccc3)N(Cc3ccccc3)C2=O)cc1Cl. The maximum atomic E-state index is 13.4. The van der Waals surface area contributed by atoms with E-state index in [9.17, 15) is 9.59 Å². The number of amides is 1. The lowest BCUT2D eigenvalue weighted by molar-refractivity contribution is -0.139. The molecule has 0 atom stereocenters. The van der Waals surface area contributed by atoms with Gasteiger partial charge in [-0.3, -0.25) is 14.7 Å². The average molecular weight is 527 g/mol. The van der Waals surface area contributed by atoms with Crippen LogP contribution in [0.2, 0.25) is 10.0 Å². The van der Waals surface area contributed by atoms with Gasteiger partial charge in [0.25, 0.3) is 5.91 Å². The van der Waals surface area contributed by atoms with Crippen LogP contribution in [-0.2, 0) is 22.7 Å². The molecular weight excluding hydrogens is 507 g/mol. The first-order valence-electron chi connectivity index (χ1n) is 10.6. The lowest BCUT2D eigenvalue weighted by Crippen LogP contribution is -2.28. The highest BCUT2D eigenvalue weighted by molar-refractivity contribution is 8.18. The van der Waals surface area contributed by atoms with Crippen LogP contribution in [0, 0.1) is 0 Å². The molecule has 3 aromatic carbocycles. The third-order valence-electron chi connectivity index (χ3n) is 4.97. The fourth-order valence-corrected chi connectivity index (χ4v) is 4.95. The molecule has 0 unspecified atom stereocenters. The summed E-state index contributed by atoms with van der Waals surface area (Å²) in [4.78, 5) is 31.0. The number of nitrogens with zero attached hydrogens (tertiary/aromatic N) is 2. The van der Waals surface area contributed by atoms with Crippen LogP contribution in [0.4, 0.5) is 0 Å². The van der Waals surface area contributed by atoms with Gasteiger partial charge in [0.15, 0.2) is 17.5 Å². The molecule has 1 fully saturated rings. The summed E-state index contributed by atoms with van der Waals surface area (Å²) in [6, 6.07) is 22.7. The average Bonchev–Trinajstić information content (AvgIpc) is 3.12. The fourth-order valence-electron chi connectivity index (χ4n) is 3.36. The fraction of sp³-hybridized carbons (Fsp3) is 0.115. The topological polar surface area (TPSA) is 79.2 Å². The number of hydrogen-bond acceptors (Lipinski definition) is 5. The van der Waals surface area contributed by atoms with E-state index in [-0.39, 0.29) is 21.7 Å². The highest BCUT2D eigenvalue weighted by Crippen LogP contribution is 2.38. The van der Waals surface area contributed by atoms with Gasteiger partial charge >= 0.3 is 5.97 Å². The molecule has 1 N–H and O–H groups in total. The second-order valence-electron chi connectivity index (χ2n) is 7.57. The molecule has 0 spiro atoms. The Balaban J connectivity index is 1.62. The van der Waals surface area contributed by atoms with Gasteiger partial charge in [-0.15, -0.1) is 0 Å². The predicted molar refractivity (Wildman–Crippen MR) is 140 cm³/mol. The van der Waals surface area contributed by atoms with E-state index >= 15 is 0 Å². The molecule has 1 heterocycles. The number of hydrogen-bond donors (Lipinski definition) is 1. The monoisotopic (exact) mass is 526 g/mol. The number of carboxylic acids is 1. The highest BCUT2D eigenvalue weighted by Gasteiger charge is 2.33. The molecule has 35 heavy (non-hydrogen) atoms. The molecular formula is C26H20Cl2N2O4S. The molecule has 0 radical (unpaired) electrons. The van der Waals surface area contributed by atoms with E-state index in [1.807, 2.05) is 60.7 Å². The van der Waals surface area contributed by atoms with Crippen LogP contribution in [0.3, 0.4) is 0 Å². The van der Waals surface area contributed by atoms with Crippen molar-refractivity contribution in [1.29, 1.82) is 0 Å². The van der Waals surface area contributed by atoms with Crippen molar-refractivity contribution in [3.8, 4) is 5.75 Å². The van der Waals surface area contributed by atoms with Crippen LogP contribution < -0.4 is 4.74 Å². The molecule has 0 saturated carbocycles. The summed E-state index contributed by atoms with van der Waals surface area (Å²) in [6.45, 7) is 0.271. The van der Waals surface area contributed by atoms with Crippen LogP contribution in [-0.4, -0.2) is 33.7 Å². The van der Waals surface area contributed by atoms with Gasteiger partial charge in [0.1, 0.15) is 0 Å². The van der Waals surface area contributed by atoms with Crippen LogP contribution in [0.5, 0.6) is 5.75 Å². The van der Waals surface area contributed by atoms with Crippen molar-refractivity contribution in [1.82, 2.24) is 4.90 Å². The molecule has 0 aliphatic carbocycles. The molecule has 9 heteroatoms. The second kappa shape index (κ2) is 11.4. The Morgan fingerprint density at radius 1 is 1.00 bits per heavy atom. The Morgan fingerprint density at radius 2 is 1.60 bits per heavy atom.